The summed E-state index contributed by atoms with van der Waals surface area (Å²) in [7, 11) is -7.01. The molecule has 0 unspecified atom stereocenters. The van der Waals surface area contributed by atoms with E-state index in [-0.39, 0.29) is 10.3 Å². The van der Waals surface area contributed by atoms with Crippen molar-refractivity contribution in [2.75, 3.05) is 0 Å². The van der Waals surface area contributed by atoms with Crippen molar-refractivity contribution in [1.82, 2.24) is 0 Å². The van der Waals surface area contributed by atoms with Crippen molar-refractivity contribution in [3.63, 3.8) is 0 Å². The monoisotopic (exact) mass is 600 g/mol. The molecular weight excluding hydrogens is 569 g/mol. The van der Waals surface area contributed by atoms with Crippen LogP contribution < -0.4 is 0 Å². The van der Waals surface area contributed by atoms with Crippen LogP contribution in [-0.2, 0) is 19.2 Å². The van der Waals surface area contributed by atoms with Gasteiger partial charge in [-0.3, -0.25) is 0 Å². The molecule has 0 bridgehead atoms. The predicted molar refractivity (Wildman–Crippen MR) is 179 cm³/mol. The Hall–Kier alpha value is -4.16. The fourth-order valence-corrected chi connectivity index (χ4v) is 11.4. The molecule has 0 fully saturated rings. The largest absolute Gasteiger partial charge is 0.307 e. The van der Waals surface area contributed by atoms with E-state index in [9.17, 15) is 8.42 Å². The lowest BCUT2D eigenvalue weighted by Gasteiger charge is -2.39. The van der Waals surface area contributed by atoms with Crippen molar-refractivity contribution in [3.05, 3.63) is 145 Å². The van der Waals surface area contributed by atoms with Crippen molar-refractivity contribution in [2.24, 2.45) is 0 Å². The summed E-state index contributed by atoms with van der Waals surface area (Å²) in [5.41, 5.74) is 1.12. The van der Waals surface area contributed by atoms with Crippen LogP contribution in [0, 0.1) is 0 Å². The Bertz CT molecular complexity index is 2130. The van der Waals surface area contributed by atoms with Gasteiger partial charge in [0.2, 0.25) is 0 Å². The van der Waals surface area contributed by atoms with Gasteiger partial charge in [-0.25, -0.2) is 3.63 Å². The molecule has 0 spiro atoms. The molecule has 0 radical (unpaired) electrons. The standard InChI is InChI=1S/C38H32O3S2/c1-38(2,3)30-21-23-33(24-22-30)42(31-13-6-4-7-14-31,32-15-8-5-9-16-32)41-43(39,40)35-26-20-29-18-17-27-11-10-12-28-19-25-34(35)37(29)36(27)28/h4-26H,1-3H3. The summed E-state index contributed by atoms with van der Waals surface area (Å²) in [5.74, 6) is 0. The highest BCUT2D eigenvalue weighted by Gasteiger charge is 2.39. The third kappa shape index (κ3) is 4.60. The third-order valence-corrected chi connectivity index (χ3v) is 13.4. The van der Waals surface area contributed by atoms with Crippen LogP contribution in [0.1, 0.15) is 26.3 Å². The Morgan fingerprint density at radius 3 is 1.53 bits per heavy atom. The minimum Gasteiger partial charge on any atom is -0.203 e. The second-order valence-electron chi connectivity index (χ2n) is 11.9. The highest BCUT2D eigenvalue weighted by atomic mass is 32.3. The van der Waals surface area contributed by atoms with E-state index in [0.717, 1.165) is 41.6 Å². The summed E-state index contributed by atoms with van der Waals surface area (Å²) in [4.78, 5) is 2.62. The molecule has 0 amide bonds. The van der Waals surface area contributed by atoms with Gasteiger partial charge in [0.1, 0.15) is 4.90 Å². The number of hydrogen-bond donors (Lipinski definition) is 0. The van der Waals surface area contributed by atoms with Crippen molar-refractivity contribution in [2.45, 2.75) is 45.8 Å². The Balaban J connectivity index is 1.49. The molecule has 0 N–H and O–H groups in total. The molecule has 43 heavy (non-hydrogen) atoms. The van der Waals surface area contributed by atoms with Crippen molar-refractivity contribution >= 4 is 52.7 Å². The minimum absolute atomic E-state index is 0.0509. The molecule has 0 aliphatic heterocycles. The Labute approximate surface area is 254 Å². The SMILES string of the molecule is CC(C)(C)c1ccc(S(OS(=O)(=O)c2ccc3ccc4cccc5ccc2c3c45)(c2ccccc2)c2ccccc2)cc1. The van der Waals surface area contributed by atoms with Gasteiger partial charge in [0.25, 0.3) is 0 Å². The lowest BCUT2D eigenvalue weighted by Crippen LogP contribution is -2.16. The summed E-state index contributed by atoms with van der Waals surface area (Å²) in [6, 6.07) is 45.6. The first kappa shape index (κ1) is 27.7. The highest BCUT2D eigenvalue weighted by Crippen LogP contribution is 2.70. The van der Waals surface area contributed by atoms with Crippen LogP contribution in [0.2, 0.25) is 0 Å². The first-order valence-corrected chi connectivity index (χ1v) is 17.3. The van der Waals surface area contributed by atoms with E-state index < -0.39 is 20.4 Å². The number of benzene rings is 7. The molecule has 0 saturated heterocycles. The number of rotatable bonds is 6. The molecular formula is C38H32O3S2. The van der Waals surface area contributed by atoms with E-state index in [2.05, 4.69) is 57.2 Å². The van der Waals surface area contributed by atoms with E-state index in [1.165, 1.54) is 5.56 Å². The molecule has 0 aliphatic rings. The van der Waals surface area contributed by atoms with Crippen molar-refractivity contribution < 1.29 is 12.0 Å². The Morgan fingerprint density at radius 2 is 0.977 bits per heavy atom. The van der Waals surface area contributed by atoms with Gasteiger partial charge in [-0.05, 0) is 90.7 Å². The molecule has 0 aliphatic carbocycles. The zero-order chi connectivity index (χ0) is 29.8. The van der Waals surface area contributed by atoms with Gasteiger partial charge >= 0.3 is 10.1 Å². The lowest BCUT2D eigenvalue weighted by atomic mass is 9.87. The second-order valence-corrected chi connectivity index (χ2v) is 16.3. The smallest absolute Gasteiger partial charge is 0.203 e. The summed E-state index contributed by atoms with van der Waals surface area (Å²) in [6.07, 6.45) is 0. The van der Waals surface area contributed by atoms with Crippen LogP contribution >= 0.6 is 10.3 Å². The van der Waals surface area contributed by atoms with E-state index in [0.29, 0.717) is 5.39 Å². The summed E-state index contributed by atoms with van der Waals surface area (Å²) in [5, 5.41) is 5.84. The Morgan fingerprint density at radius 1 is 0.488 bits per heavy atom. The molecule has 5 heteroatoms. The summed E-state index contributed by atoms with van der Waals surface area (Å²) < 4.78 is 36.2. The molecule has 0 atom stereocenters. The van der Waals surface area contributed by atoms with Gasteiger partial charge in [-0.1, -0.05) is 118 Å². The van der Waals surface area contributed by atoms with Gasteiger partial charge in [0, 0.05) is 20.1 Å². The minimum atomic E-state index is -4.29. The maximum atomic E-state index is 14.7. The van der Waals surface area contributed by atoms with Crippen molar-refractivity contribution in [1.29, 1.82) is 0 Å². The summed E-state index contributed by atoms with van der Waals surface area (Å²) in [6.45, 7) is 6.52. The maximum absolute atomic E-state index is 14.7. The molecule has 0 saturated carbocycles. The average molecular weight is 601 g/mol. The second kappa shape index (κ2) is 10.2. The van der Waals surface area contributed by atoms with Crippen molar-refractivity contribution in [3.8, 4) is 0 Å². The predicted octanol–water partition coefficient (Wildman–Crippen LogP) is 10.5. The van der Waals surface area contributed by atoms with Crippen LogP contribution in [0.5, 0.6) is 0 Å². The van der Waals surface area contributed by atoms with E-state index in [1.54, 1.807) is 6.07 Å². The van der Waals surface area contributed by atoms with Crippen LogP contribution in [0.25, 0.3) is 32.3 Å². The zero-order valence-corrected chi connectivity index (χ0v) is 26.0. The fourth-order valence-electron chi connectivity index (χ4n) is 5.99. The molecule has 7 rings (SSSR count). The van der Waals surface area contributed by atoms with Gasteiger partial charge in [-0.15, -0.1) is 0 Å². The average Bonchev–Trinajstić information content (AvgIpc) is 3.03. The van der Waals surface area contributed by atoms with Crippen LogP contribution in [0.4, 0.5) is 0 Å². The van der Waals surface area contributed by atoms with Crippen LogP contribution in [0.15, 0.2) is 159 Å². The van der Waals surface area contributed by atoms with Crippen LogP contribution in [0.3, 0.4) is 0 Å². The molecule has 3 nitrogen and oxygen atoms in total. The molecule has 7 aromatic rings. The normalized spacial score (nSPS) is 13.2. The first-order chi connectivity index (χ1) is 20.7. The van der Waals surface area contributed by atoms with Gasteiger partial charge < -0.3 is 0 Å². The topological polar surface area (TPSA) is 43.4 Å². The first-order valence-electron chi connectivity index (χ1n) is 14.4. The molecule has 7 aromatic carbocycles. The lowest BCUT2D eigenvalue weighted by molar-refractivity contribution is 0.509. The molecule has 214 valence electrons. The number of hydrogen-bond acceptors (Lipinski definition) is 3. The van der Waals surface area contributed by atoms with Crippen LogP contribution in [-0.4, -0.2) is 8.42 Å². The van der Waals surface area contributed by atoms with E-state index in [1.807, 2.05) is 97.1 Å². The van der Waals surface area contributed by atoms with E-state index in [4.69, 9.17) is 3.63 Å². The van der Waals surface area contributed by atoms with E-state index >= 15 is 0 Å². The van der Waals surface area contributed by atoms with Gasteiger partial charge in [0.15, 0.2) is 0 Å². The quantitative estimate of drug-likeness (QED) is 0.178. The molecule has 0 heterocycles. The fraction of sp³-hybridized carbons (Fsp3) is 0.105. The Kier molecular flexibility index (Phi) is 6.58. The highest BCUT2D eigenvalue weighted by molar-refractivity contribution is 8.33. The maximum Gasteiger partial charge on any atom is 0.307 e. The molecule has 0 aromatic heterocycles. The summed E-state index contributed by atoms with van der Waals surface area (Å²) >= 11 is 0. The zero-order valence-electron chi connectivity index (χ0n) is 24.3. The van der Waals surface area contributed by atoms with Gasteiger partial charge in [-0.2, -0.15) is 8.42 Å². The van der Waals surface area contributed by atoms with Gasteiger partial charge in [0.05, 0.1) is 0 Å². The third-order valence-electron chi connectivity index (χ3n) is 8.15.